The maximum atomic E-state index is 8.59. The number of rotatable bonds is 8. The van der Waals surface area contributed by atoms with Gasteiger partial charge in [-0.1, -0.05) is 20.3 Å². The van der Waals surface area contributed by atoms with E-state index >= 15 is 0 Å². The van der Waals surface area contributed by atoms with E-state index in [1.807, 2.05) is 0 Å². The fraction of sp³-hybridized carbons (Fsp3) is 1.00. The minimum Gasteiger partial charge on any atom is -0.396 e. The van der Waals surface area contributed by atoms with Gasteiger partial charge in [0.1, 0.15) is 0 Å². The summed E-state index contributed by atoms with van der Waals surface area (Å²) in [5, 5.41) is 8.59. The van der Waals surface area contributed by atoms with Crippen LogP contribution in [-0.2, 0) is 4.74 Å². The molecule has 0 radical (unpaired) electrons. The zero-order chi connectivity index (χ0) is 10.1. The van der Waals surface area contributed by atoms with Crippen LogP contribution in [0.3, 0.4) is 0 Å². The van der Waals surface area contributed by atoms with Crippen LogP contribution in [0.2, 0.25) is 0 Å². The molecule has 0 aromatic carbocycles. The van der Waals surface area contributed by atoms with Gasteiger partial charge < -0.3 is 15.6 Å². The SMILES string of the molecule is CCCC(C)COCC(N)CCO. The monoisotopic (exact) mass is 189 g/mol. The van der Waals surface area contributed by atoms with E-state index in [2.05, 4.69) is 13.8 Å². The Morgan fingerprint density at radius 1 is 1.31 bits per heavy atom. The molecule has 0 saturated heterocycles. The smallest absolute Gasteiger partial charge is 0.0618 e. The van der Waals surface area contributed by atoms with Crippen LogP contribution in [0, 0.1) is 5.92 Å². The first-order chi connectivity index (χ1) is 6.20. The average molecular weight is 189 g/mol. The van der Waals surface area contributed by atoms with Crippen molar-refractivity contribution >= 4 is 0 Å². The van der Waals surface area contributed by atoms with Crippen molar-refractivity contribution in [3.8, 4) is 0 Å². The number of aliphatic hydroxyl groups is 1. The molecule has 0 fully saturated rings. The molecule has 2 unspecified atom stereocenters. The molecule has 0 spiro atoms. The van der Waals surface area contributed by atoms with Crippen molar-refractivity contribution in [1.82, 2.24) is 0 Å². The lowest BCUT2D eigenvalue weighted by Gasteiger charge is -2.14. The van der Waals surface area contributed by atoms with Crippen molar-refractivity contribution in [3.05, 3.63) is 0 Å². The van der Waals surface area contributed by atoms with Gasteiger partial charge in [-0.2, -0.15) is 0 Å². The van der Waals surface area contributed by atoms with Gasteiger partial charge in [0, 0.05) is 19.3 Å². The molecule has 0 aliphatic rings. The fourth-order valence-corrected chi connectivity index (χ4v) is 1.25. The quantitative estimate of drug-likeness (QED) is 0.602. The molecular formula is C10H23NO2. The Kier molecular flexibility index (Phi) is 8.40. The number of hydrogen-bond acceptors (Lipinski definition) is 3. The van der Waals surface area contributed by atoms with Gasteiger partial charge >= 0.3 is 0 Å². The first kappa shape index (κ1) is 12.9. The molecule has 13 heavy (non-hydrogen) atoms. The van der Waals surface area contributed by atoms with Crippen LogP contribution in [0.15, 0.2) is 0 Å². The lowest BCUT2D eigenvalue weighted by Crippen LogP contribution is -2.28. The van der Waals surface area contributed by atoms with Crippen LogP contribution >= 0.6 is 0 Å². The summed E-state index contributed by atoms with van der Waals surface area (Å²) in [6.45, 7) is 5.85. The third-order valence-corrected chi connectivity index (χ3v) is 2.02. The molecule has 0 heterocycles. The van der Waals surface area contributed by atoms with Crippen molar-refractivity contribution in [3.63, 3.8) is 0 Å². The highest BCUT2D eigenvalue weighted by molar-refractivity contribution is 4.59. The number of hydrogen-bond donors (Lipinski definition) is 2. The van der Waals surface area contributed by atoms with Crippen LogP contribution in [0.5, 0.6) is 0 Å². The summed E-state index contributed by atoms with van der Waals surface area (Å²) in [4.78, 5) is 0. The summed E-state index contributed by atoms with van der Waals surface area (Å²) in [5.41, 5.74) is 5.66. The van der Waals surface area contributed by atoms with Crippen LogP contribution in [0.25, 0.3) is 0 Å². The van der Waals surface area contributed by atoms with Gasteiger partial charge in [-0.25, -0.2) is 0 Å². The molecule has 0 saturated carbocycles. The number of nitrogens with two attached hydrogens (primary N) is 1. The predicted molar refractivity (Wildman–Crippen MR) is 54.6 cm³/mol. The van der Waals surface area contributed by atoms with E-state index in [0.29, 0.717) is 18.9 Å². The van der Waals surface area contributed by atoms with Gasteiger partial charge in [0.05, 0.1) is 6.61 Å². The van der Waals surface area contributed by atoms with Crippen molar-refractivity contribution in [2.75, 3.05) is 19.8 Å². The van der Waals surface area contributed by atoms with Crippen LogP contribution < -0.4 is 5.73 Å². The van der Waals surface area contributed by atoms with E-state index in [4.69, 9.17) is 15.6 Å². The van der Waals surface area contributed by atoms with E-state index in [1.54, 1.807) is 0 Å². The molecule has 0 aliphatic carbocycles. The molecule has 3 heteroatoms. The van der Waals surface area contributed by atoms with Crippen molar-refractivity contribution in [2.45, 2.75) is 39.2 Å². The first-order valence-corrected chi connectivity index (χ1v) is 5.14. The molecule has 80 valence electrons. The average Bonchev–Trinajstić information content (AvgIpc) is 2.05. The highest BCUT2D eigenvalue weighted by Crippen LogP contribution is 2.05. The molecule has 0 amide bonds. The summed E-state index contributed by atoms with van der Waals surface area (Å²) >= 11 is 0. The standard InChI is InChI=1S/C10H23NO2/c1-3-4-9(2)7-13-8-10(11)5-6-12/h9-10,12H,3-8,11H2,1-2H3. The van der Waals surface area contributed by atoms with Crippen LogP contribution in [0.4, 0.5) is 0 Å². The summed E-state index contributed by atoms with van der Waals surface area (Å²) < 4.78 is 5.43. The topological polar surface area (TPSA) is 55.5 Å². The molecule has 3 nitrogen and oxygen atoms in total. The molecule has 0 aromatic rings. The second-order valence-electron chi connectivity index (χ2n) is 3.70. The normalized spacial score (nSPS) is 15.7. The highest BCUT2D eigenvalue weighted by Gasteiger charge is 2.04. The third-order valence-electron chi connectivity index (χ3n) is 2.02. The molecule has 3 N–H and O–H groups in total. The third kappa shape index (κ3) is 8.22. The van der Waals surface area contributed by atoms with Gasteiger partial charge in [-0.3, -0.25) is 0 Å². The maximum Gasteiger partial charge on any atom is 0.0618 e. The maximum absolute atomic E-state index is 8.59. The molecule has 0 bridgehead atoms. The molecule has 0 aliphatic heterocycles. The Morgan fingerprint density at radius 3 is 2.54 bits per heavy atom. The minimum absolute atomic E-state index is 0.0150. The summed E-state index contributed by atoms with van der Waals surface area (Å²) in [6.07, 6.45) is 3.03. The van der Waals surface area contributed by atoms with Crippen LogP contribution in [-0.4, -0.2) is 31.0 Å². The lowest BCUT2D eigenvalue weighted by atomic mass is 10.1. The van der Waals surface area contributed by atoms with Gasteiger partial charge in [0.2, 0.25) is 0 Å². The van der Waals surface area contributed by atoms with Crippen molar-refractivity contribution in [1.29, 1.82) is 0 Å². The molecule has 2 atom stereocenters. The minimum atomic E-state index is -0.0150. The Morgan fingerprint density at radius 2 is 2.00 bits per heavy atom. The largest absolute Gasteiger partial charge is 0.396 e. The summed E-state index contributed by atoms with van der Waals surface area (Å²) in [7, 11) is 0. The first-order valence-electron chi connectivity index (χ1n) is 5.14. The van der Waals surface area contributed by atoms with E-state index < -0.39 is 0 Å². The molecular weight excluding hydrogens is 166 g/mol. The zero-order valence-corrected chi connectivity index (χ0v) is 8.83. The second kappa shape index (κ2) is 8.48. The van der Waals surface area contributed by atoms with E-state index in [0.717, 1.165) is 6.61 Å². The molecule has 0 aromatic heterocycles. The van der Waals surface area contributed by atoms with E-state index in [1.165, 1.54) is 12.8 Å². The number of aliphatic hydroxyl groups excluding tert-OH is 1. The zero-order valence-electron chi connectivity index (χ0n) is 8.83. The highest BCUT2D eigenvalue weighted by atomic mass is 16.5. The van der Waals surface area contributed by atoms with Crippen molar-refractivity contribution in [2.24, 2.45) is 11.7 Å². The predicted octanol–water partition coefficient (Wildman–Crippen LogP) is 1.15. The van der Waals surface area contributed by atoms with Gasteiger partial charge in [0.25, 0.3) is 0 Å². The van der Waals surface area contributed by atoms with E-state index in [9.17, 15) is 0 Å². The summed E-state index contributed by atoms with van der Waals surface area (Å²) in [5.74, 6) is 0.617. The van der Waals surface area contributed by atoms with E-state index in [-0.39, 0.29) is 12.6 Å². The van der Waals surface area contributed by atoms with Gasteiger partial charge in [0.15, 0.2) is 0 Å². The van der Waals surface area contributed by atoms with Gasteiger partial charge in [-0.05, 0) is 18.8 Å². The summed E-state index contributed by atoms with van der Waals surface area (Å²) in [6, 6.07) is -0.0150. The van der Waals surface area contributed by atoms with Crippen molar-refractivity contribution < 1.29 is 9.84 Å². The Balaban J connectivity index is 3.23. The Labute approximate surface area is 81.3 Å². The number of ether oxygens (including phenoxy) is 1. The Hall–Kier alpha value is -0.120. The second-order valence-corrected chi connectivity index (χ2v) is 3.70. The Bertz CT molecular complexity index is 97.1. The molecule has 0 rings (SSSR count). The van der Waals surface area contributed by atoms with Crippen LogP contribution in [0.1, 0.15) is 33.1 Å². The fourth-order valence-electron chi connectivity index (χ4n) is 1.25. The lowest BCUT2D eigenvalue weighted by molar-refractivity contribution is 0.0851. The van der Waals surface area contributed by atoms with Gasteiger partial charge in [-0.15, -0.1) is 0 Å².